The van der Waals surface area contributed by atoms with Crippen LogP contribution in [0.15, 0.2) is 0 Å². The van der Waals surface area contributed by atoms with Crippen molar-refractivity contribution in [2.45, 2.75) is 25.5 Å². The second-order valence-corrected chi connectivity index (χ2v) is 5.32. The number of amides is 2. The summed E-state index contributed by atoms with van der Waals surface area (Å²) in [7, 11) is 0. The summed E-state index contributed by atoms with van der Waals surface area (Å²) in [6, 6.07) is -0.352. The third kappa shape index (κ3) is 7.39. The molecule has 0 fully saturated rings. The quantitative estimate of drug-likeness (QED) is 0.688. The molecule has 5 nitrogen and oxygen atoms in total. The van der Waals surface area contributed by atoms with E-state index < -0.39 is 5.97 Å². The molecule has 2 N–H and O–H groups in total. The van der Waals surface area contributed by atoms with Crippen molar-refractivity contribution in [1.82, 2.24) is 10.6 Å². The molecule has 0 bridgehead atoms. The topological polar surface area (TPSA) is 67.4 Å². The van der Waals surface area contributed by atoms with Crippen LogP contribution in [-0.4, -0.2) is 42.7 Å². The number of nitrogens with one attached hydrogen (secondary N) is 2. The van der Waals surface area contributed by atoms with Crippen LogP contribution in [0.1, 0.15) is 20.8 Å². The van der Waals surface area contributed by atoms with E-state index in [0.717, 1.165) is 0 Å². The zero-order valence-corrected chi connectivity index (χ0v) is 11.1. The third-order valence-electron chi connectivity index (χ3n) is 1.93. The lowest BCUT2D eigenvalue weighted by Crippen LogP contribution is -2.43. The second-order valence-electron chi connectivity index (χ2n) is 3.81. The Morgan fingerprint density at radius 1 is 1.31 bits per heavy atom. The van der Waals surface area contributed by atoms with Gasteiger partial charge in [0, 0.05) is 11.3 Å². The highest BCUT2D eigenvalue weighted by Crippen LogP contribution is 2.19. The number of hydrogen-bond donors (Lipinski definition) is 2. The molecule has 0 heterocycles. The maximum Gasteiger partial charge on any atom is 0.325 e. The number of hydrogen-bond acceptors (Lipinski definition) is 4. The highest BCUT2D eigenvalue weighted by Gasteiger charge is 2.16. The van der Waals surface area contributed by atoms with Crippen molar-refractivity contribution in [3.63, 3.8) is 0 Å². The highest BCUT2D eigenvalue weighted by molar-refractivity contribution is 7.99. The number of urea groups is 1. The van der Waals surface area contributed by atoms with Gasteiger partial charge in [0.1, 0.15) is 6.54 Å². The van der Waals surface area contributed by atoms with Gasteiger partial charge < -0.3 is 15.4 Å². The molecule has 2 amide bonds. The lowest BCUT2D eigenvalue weighted by atomic mass is 10.2. The Balaban J connectivity index is 3.71. The van der Waals surface area contributed by atoms with Gasteiger partial charge in [0.05, 0.1) is 6.61 Å². The Morgan fingerprint density at radius 3 is 2.44 bits per heavy atom. The van der Waals surface area contributed by atoms with Crippen molar-refractivity contribution in [3.05, 3.63) is 0 Å². The van der Waals surface area contributed by atoms with Crippen molar-refractivity contribution >= 4 is 23.8 Å². The number of carbonyl (C=O) groups excluding carboxylic acids is 2. The molecule has 16 heavy (non-hydrogen) atoms. The Hall–Kier alpha value is -0.910. The number of ether oxygens (including phenoxy) is 1. The summed E-state index contributed by atoms with van der Waals surface area (Å²) in [5, 5.41) is 5.12. The first kappa shape index (κ1) is 15.1. The van der Waals surface area contributed by atoms with Crippen molar-refractivity contribution in [2.24, 2.45) is 0 Å². The van der Waals surface area contributed by atoms with Crippen LogP contribution in [0.4, 0.5) is 4.79 Å². The summed E-state index contributed by atoms with van der Waals surface area (Å²) in [4.78, 5) is 22.2. The monoisotopic (exact) mass is 248 g/mol. The molecule has 0 atom stereocenters. The molecule has 0 saturated heterocycles. The summed E-state index contributed by atoms with van der Waals surface area (Å²) in [6.07, 6.45) is 1.98. The van der Waals surface area contributed by atoms with Gasteiger partial charge in [0.15, 0.2) is 0 Å². The minimum absolute atomic E-state index is 0.0126. The van der Waals surface area contributed by atoms with E-state index >= 15 is 0 Å². The fraction of sp³-hybridized carbons (Fsp3) is 0.800. The average Bonchev–Trinajstić information content (AvgIpc) is 2.24. The summed E-state index contributed by atoms with van der Waals surface area (Å²) in [5.74, 6) is -0.429. The van der Waals surface area contributed by atoms with Crippen LogP contribution < -0.4 is 10.6 Å². The number of rotatable bonds is 6. The molecule has 0 aromatic carbocycles. The van der Waals surface area contributed by atoms with Crippen molar-refractivity contribution < 1.29 is 14.3 Å². The van der Waals surface area contributed by atoms with Crippen molar-refractivity contribution in [1.29, 1.82) is 0 Å². The molecule has 0 aliphatic carbocycles. The molecule has 0 saturated carbocycles. The lowest BCUT2D eigenvalue weighted by molar-refractivity contribution is -0.141. The molecule has 0 unspecified atom stereocenters. The highest BCUT2D eigenvalue weighted by atomic mass is 32.2. The SMILES string of the molecule is CCOC(=O)CNC(=O)NCC(C)(C)SC. The van der Waals surface area contributed by atoms with Crippen LogP contribution in [0.2, 0.25) is 0 Å². The van der Waals surface area contributed by atoms with E-state index in [9.17, 15) is 9.59 Å². The standard InChI is InChI=1S/C10H20N2O3S/c1-5-15-8(13)6-11-9(14)12-7-10(2,3)16-4/h5-7H2,1-4H3,(H2,11,12,14). The van der Waals surface area contributed by atoms with Gasteiger partial charge in [-0.2, -0.15) is 11.8 Å². The predicted octanol–water partition coefficient (Wildman–Crippen LogP) is 0.990. The largest absolute Gasteiger partial charge is 0.465 e. The van der Waals surface area contributed by atoms with Crippen LogP contribution in [-0.2, 0) is 9.53 Å². The number of thioether (sulfide) groups is 1. The Bertz CT molecular complexity index is 244. The van der Waals surface area contributed by atoms with E-state index in [1.54, 1.807) is 18.7 Å². The first-order chi connectivity index (χ1) is 7.41. The van der Waals surface area contributed by atoms with Gasteiger partial charge >= 0.3 is 12.0 Å². The summed E-state index contributed by atoms with van der Waals surface area (Å²) in [6.45, 7) is 6.55. The van der Waals surface area contributed by atoms with Crippen LogP contribution in [0.3, 0.4) is 0 Å². The van der Waals surface area contributed by atoms with Gasteiger partial charge in [-0.05, 0) is 27.0 Å². The molecule has 0 aliphatic rings. The summed E-state index contributed by atoms with van der Waals surface area (Å²) < 4.78 is 4.66. The molecule has 0 aromatic heterocycles. The van der Waals surface area contributed by atoms with Gasteiger partial charge in [-0.1, -0.05) is 0 Å². The predicted molar refractivity (Wildman–Crippen MR) is 65.6 cm³/mol. The summed E-state index contributed by atoms with van der Waals surface area (Å²) >= 11 is 1.67. The Morgan fingerprint density at radius 2 is 1.94 bits per heavy atom. The van der Waals surface area contributed by atoms with E-state index in [0.29, 0.717) is 13.2 Å². The van der Waals surface area contributed by atoms with Crippen molar-refractivity contribution in [2.75, 3.05) is 26.0 Å². The normalized spacial score (nSPS) is 10.8. The van der Waals surface area contributed by atoms with Gasteiger partial charge in [0.25, 0.3) is 0 Å². The smallest absolute Gasteiger partial charge is 0.325 e. The maximum absolute atomic E-state index is 11.3. The minimum atomic E-state index is -0.429. The van der Waals surface area contributed by atoms with Crippen LogP contribution >= 0.6 is 11.8 Å². The molecule has 94 valence electrons. The van der Waals surface area contributed by atoms with Crippen LogP contribution in [0, 0.1) is 0 Å². The minimum Gasteiger partial charge on any atom is -0.465 e. The molecular formula is C10H20N2O3S. The number of esters is 1. The molecule has 0 aromatic rings. The summed E-state index contributed by atoms with van der Waals surface area (Å²) in [5.41, 5.74) is 0. The van der Waals surface area contributed by atoms with Gasteiger partial charge in [0.2, 0.25) is 0 Å². The Labute approximate surface area is 101 Å². The molecular weight excluding hydrogens is 228 g/mol. The average molecular weight is 248 g/mol. The third-order valence-corrected chi connectivity index (χ3v) is 3.18. The molecule has 0 rings (SSSR count). The fourth-order valence-electron chi connectivity index (χ4n) is 0.792. The molecule has 0 aliphatic heterocycles. The van der Waals surface area contributed by atoms with Crippen LogP contribution in [0.25, 0.3) is 0 Å². The second kappa shape index (κ2) is 7.38. The van der Waals surface area contributed by atoms with Crippen LogP contribution in [0.5, 0.6) is 0 Å². The van der Waals surface area contributed by atoms with E-state index in [2.05, 4.69) is 15.4 Å². The van der Waals surface area contributed by atoms with Gasteiger partial charge in [-0.25, -0.2) is 4.79 Å². The van der Waals surface area contributed by atoms with E-state index in [1.807, 2.05) is 20.1 Å². The first-order valence-electron chi connectivity index (χ1n) is 5.13. The molecule has 0 spiro atoms. The number of carbonyl (C=O) groups is 2. The maximum atomic E-state index is 11.3. The van der Waals surface area contributed by atoms with Gasteiger partial charge in [-0.3, -0.25) is 4.79 Å². The lowest BCUT2D eigenvalue weighted by Gasteiger charge is -2.22. The van der Waals surface area contributed by atoms with E-state index in [-0.39, 0.29) is 17.3 Å². The molecule has 6 heteroatoms. The van der Waals surface area contributed by atoms with E-state index in [1.165, 1.54) is 0 Å². The first-order valence-corrected chi connectivity index (χ1v) is 6.36. The van der Waals surface area contributed by atoms with Crippen molar-refractivity contribution in [3.8, 4) is 0 Å². The zero-order valence-electron chi connectivity index (χ0n) is 10.3. The zero-order chi connectivity index (χ0) is 12.6. The molecule has 0 radical (unpaired) electrons. The van der Waals surface area contributed by atoms with Gasteiger partial charge in [-0.15, -0.1) is 0 Å². The fourth-order valence-corrected chi connectivity index (χ4v) is 1.01. The van der Waals surface area contributed by atoms with E-state index in [4.69, 9.17) is 0 Å². The Kier molecular flexibility index (Phi) is 6.96.